The molecule has 6 aromatic rings. The third-order valence-electron chi connectivity index (χ3n) is 5.39. The van der Waals surface area contributed by atoms with Crippen molar-refractivity contribution in [3.8, 4) is 21.1 Å². The normalized spacial score (nSPS) is 11.4. The minimum Gasteiger partial charge on any atom is -0.577 e. The number of fused-ring (bicyclic) bond motifs is 2. The quantitative estimate of drug-likeness (QED) is 0.166. The van der Waals surface area contributed by atoms with Crippen molar-refractivity contribution < 1.29 is 36.3 Å². The Morgan fingerprint density at radius 2 is 0.878 bits per heavy atom. The minimum atomic E-state index is -3.44. The van der Waals surface area contributed by atoms with E-state index < -0.39 is 20.0 Å². The molecule has 2 aromatic heterocycles. The van der Waals surface area contributed by atoms with E-state index >= 15 is 0 Å². The molecule has 0 aliphatic carbocycles. The summed E-state index contributed by atoms with van der Waals surface area (Å²) in [6, 6.07) is 29.9. The van der Waals surface area contributed by atoms with Crippen LogP contribution in [0.2, 0.25) is 0 Å². The summed E-state index contributed by atoms with van der Waals surface area (Å²) in [6.07, 6.45) is 2.17. The van der Waals surface area contributed by atoms with E-state index in [1.807, 2.05) is 72.8 Å². The molecule has 4 aromatic carbocycles. The molecule has 0 bridgehead atoms. The Hall–Kier alpha value is -3.22. The van der Waals surface area contributed by atoms with Gasteiger partial charge in [0, 0.05) is 12.5 Å². The molecule has 0 amide bonds. The van der Waals surface area contributed by atoms with Gasteiger partial charge in [-0.2, -0.15) is 0 Å². The summed E-state index contributed by atoms with van der Waals surface area (Å²) in [5.41, 5.74) is 4.13. The molecule has 0 fully saturated rings. The van der Waals surface area contributed by atoms with Crippen LogP contribution in [-0.2, 0) is 39.5 Å². The van der Waals surface area contributed by atoms with Gasteiger partial charge < -0.3 is 9.44 Å². The van der Waals surface area contributed by atoms with Gasteiger partial charge in [-0.25, -0.2) is 26.8 Å². The van der Waals surface area contributed by atoms with Crippen LogP contribution in [0.3, 0.4) is 0 Å². The van der Waals surface area contributed by atoms with Crippen LogP contribution in [0.15, 0.2) is 97.1 Å². The number of sulfonamides is 2. The van der Waals surface area contributed by atoms with Gasteiger partial charge in [0.1, 0.15) is 10.0 Å². The van der Waals surface area contributed by atoms with E-state index in [9.17, 15) is 16.8 Å². The third kappa shape index (κ3) is 7.96. The van der Waals surface area contributed by atoms with Gasteiger partial charge in [-0.15, -0.1) is 34.0 Å². The van der Waals surface area contributed by atoms with E-state index in [0.29, 0.717) is 11.4 Å². The fraction of sp³-hybridized carbons (Fsp3) is 0.0714. The molecule has 41 heavy (non-hydrogen) atoms. The van der Waals surface area contributed by atoms with Crippen molar-refractivity contribution in [2.45, 2.75) is 0 Å². The summed E-state index contributed by atoms with van der Waals surface area (Å²) in [4.78, 5) is 9.07. The van der Waals surface area contributed by atoms with E-state index in [2.05, 4.69) is 19.4 Å². The van der Waals surface area contributed by atoms with Crippen LogP contribution in [0.4, 0.5) is 11.4 Å². The number of benzene rings is 4. The molecule has 6 rings (SSSR count). The standard InChI is InChI=1S/2C14H11N2O2S2.Zn/c2*1-20(17,18)16-11-7-3-2-6-10(11)14-15-12-8-4-5-9-13(12)19-14;/h2*2-9H,1H3;/q2*-1;+2. The van der Waals surface area contributed by atoms with E-state index in [1.54, 1.807) is 24.3 Å². The number of nitrogens with zero attached hydrogens (tertiary/aromatic N) is 4. The van der Waals surface area contributed by atoms with Crippen LogP contribution < -0.4 is 0 Å². The fourth-order valence-corrected chi connectivity index (χ4v) is 6.83. The van der Waals surface area contributed by atoms with E-state index in [1.165, 1.54) is 22.7 Å². The van der Waals surface area contributed by atoms with Crippen LogP contribution in [0.1, 0.15) is 0 Å². The fourth-order valence-electron chi connectivity index (χ4n) is 3.80. The van der Waals surface area contributed by atoms with Crippen LogP contribution in [-0.4, -0.2) is 39.3 Å². The molecule has 0 radical (unpaired) electrons. The monoisotopic (exact) mass is 670 g/mol. The number of hydrogen-bond acceptors (Lipinski definition) is 8. The van der Waals surface area contributed by atoms with Crippen LogP contribution >= 0.6 is 22.7 Å². The predicted octanol–water partition coefficient (Wildman–Crippen LogP) is 7.85. The molecule has 0 aliphatic heterocycles. The van der Waals surface area contributed by atoms with E-state index in [-0.39, 0.29) is 19.5 Å². The molecular formula is C28H22N4O4S4Zn. The first-order chi connectivity index (χ1) is 19.1. The molecule has 13 heteroatoms. The molecule has 0 unspecified atom stereocenters. The second-order valence-corrected chi connectivity index (χ2v) is 14.0. The zero-order valence-corrected chi connectivity index (χ0v) is 28.2. The Bertz CT molecular complexity index is 1830. The van der Waals surface area contributed by atoms with Crippen molar-refractivity contribution in [1.29, 1.82) is 0 Å². The maximum Gasteiger partial charge on any atom is 2.00 e. The first kappa shape index (κ1) is 30.7. The Morgan fingerprint density at radius 3 is 1.24 bits per heavy atom. The molecule has 0 aliphatic rings. The largest absolute Gasteiger partial charge is 2.00 e. The zero-order valence-electron chi connectivity index (χ0n) is 22.0. The summed E-state index contributed by atoms with van der Waals surface area (Å²) in [6.45, 7) is 0. The smallest absolute Gasteiger partial charge is 0.577 e. The molecule has 8 nitrogen and oxygen atoms in total. The van der Waals surface area contributed by atoms with Gasteiger partial charge in [0.25, 0.3) is 0 Å². The number of hydrogen-bond donors (Lipinski definition) is 0. The SMILES string of the molecule is CS(=O)(=O)[N-]c1ccccc1-c1nc2ccccc2s1.CS(=O)(=O)[N-]c1ccccc1-c1nc2ccccc2s1.[Zn+2]. The van der Waals surface area contributed by atoms with Gasteiger partial charge in [0.2, 0.25) is 0 Å². The predicted molar refractivity (Wildman–Crippen MR) is 166 cm³/mol. The molecule has 204 valence electrons. The van der Waals surface area contributed by atoms with Gasteiger partial charge in [-0.3, -0.25) is 0 Å². The molecule has 0 spiro atoms. The number of rotatable bonds is 6. The summed E-state index contributed by atoms with van der Waals surface area (Å²) in [5.74, 6) is 0. The van der Waals surface area contributed by atoms with Crippen LogP contribution in [0.25, 0.3) is 51.0 Å². The van der Waals surface area contributed by atoms with Crippen molar-refractivity contribution in [3.05, 3.63) is 107 Å². The molecular weight excluding hydrogens is 650 g/mol. The van der Waals surface area contributed by atoms with Crippen molar-refractivity contribution >= 4 is 74.5 Å². The molecule has 0 N–H and O–H groups in total. The van der Waals surface area contributed by atoms with Gasteiger partial charge in [0.15, 0.2) is 0 Å². The Labute approximate surface area is 259 Å². The summed E-state index contributed by atoms with van der Waals surface area (Å²) in [7, 11) is -6.87. The summed E-state index contributed by atoms with van der Waals surface area (Å²) < 4.78 is 55.2. The molecule has 0 saturated heterocycles. The summed E-state index contributed by atoms with van der Waals surface area (Å²) in [5, 5.41) is 1.54. The Morgan fingerprint density at radius 1 is 0.537 bits per heavy atom. The first-order valence-corrected chi connectivity index (χ1v) is 17.1. The number of aromatic nitrogens is 2. The van der Waals surface area contributed by atoms with Gasteiger partial charge >= 0.3 is 19.5 Å². The Balaban J connectivity index is 0.000000184. The Kier molecular flexibility index (Phi) is 9.56. The van der Waals surface area contributed by atoms with Gasteiger partial charge in [-0.1, -0.05) is 72.8 Å². The average Bonchev–Trinajstić information content (AvgIpc) is 3.52. The van der Waals surface area contributed by atoms with E-state index in [0.717, 1.165) is 54.1 Å². The zero-order chi connectivity index (χ0) is 28.3. The van der Waals surface area contributed by atoms with Crippen LogP contribution in [0, 0.1) is 0 Å². The third-order valence-corrected chi connectivity index (χ3v) is 8.58. The number of thiazole rings is 2. The van der Waals surface area contributed by atoms with Crippen LogP contribution in [0.5, 0.6) is 0 Å². The van der Waals surface area contributed by atoms with Crippen molar-refractivity contribution in [3.63, 3.8) is 0 Å². The second-order valence-electron chi connectivity index (χ2n) is 8.66. The van der Waals surface area contributed by atoms with Gasteiger partial charge in [-0.05, 0) is 35.4 Å². The van der Waals surface area contributed by atoms with Crippen molar-refractivity contribution in [1.82, 2.24) is 9.97 Å². The second kappa shape index (κ2) is 12.7. The minimum absolute atomic E-state index is 0. The van der Waals surface area contributed by atoms with Crippen molar-refractivity contribution in [2.75, 3.05) is 12.5 Å². The van der Waals surface area contributed by atoms with Crippen molar-refractivity contribution in [2.24, 2.45) is 0 Å². The first-order valence-electron chi connectivity index (χ1n) is 11.8. The number of para-hydroxylation sites is 2. The average molecular weight is 672 g/mol. The molecule has 2 heterocycles. The maximum atomic E-state index is 11.4. The molecule has 0 saturated carbocycles. The molecule has 0 atom stereocenters. The summed E-state index contributed by atoms with van der Waals surface area (Å²) >= 11 is 3.05. The maximum absolute atomic E-state index is 11.4. The van der Waals surface area contributed by atoms with Gasteiger partial charge in [0.05, 0.1) is 40.5 Å². The topological polar surface area (TPSA) is 122 Å². The van der Waals surface area contributed by atoms with E-state index in [4.69, 9.17) is 0 Å².